The minimum atomic E-state index is -4.96. The van der Waals surface area contributed by atoms with Gasteiger partial charge in [0.15, 0.2) is 12.2 Å². The van der Waals surface area contributed by atoms with Gasteiger partial charge in [-0.3, -0.25) is 37.3 Å². The summed E-state index contributed by atoms with van der Waals surface area (Å²) in [6.07, 6.45) is 65.7. The monoisotopic (exact) mass is 1470 g/mol. The van der Waals surface area contributed by atoms with E-state index in [9.17, 15) is 43.2 Å². The highest BCUT2D eigenvalue weighted by atomic mass is 31.2. The topological polar surface area (TPSA) is 237 Å². The van der Waals surface area contributed by atoms with Gasteiger partial charge in [-0.25, -0.2) is 9.13 Å². The molecule has 17 nitrogen and oxygen atoms in total. The van der Waals surface area contributed by atoms with Crippen LogP contribution in [0, 0.1) is 5.92 Å². The van der Waals surface area contributed by atoms with Gasteiger partial charge in [-0.05, 0) is 31.6 Å². The van der Waals surface area contributed by atoms with Gasteiger partial charge in [-0.15, -0.1) is 0 Å². The maximum absolute atomic E-state index is 13.1. The van der Waals surface area contributed by atoms with E-state index >= 15 is 0 Å². The van der Waals surface area contributed by atoms with Crippen LogP contribution in [0.15, 0.2) is 0 Å². The molecule has 0 radical (unpaired) electrons. The lowest BCUT2D eigenvalue weighted by atomic mass is 10.0. The van der Waals surface area contributed by atoms with Crippen LogP contribution in [0.25, 0.3) is 0 Å². The predicted octanol–water partition coefficient (Wildman–Crippen LogP) is 24.4. The number of esters is 4. The Hall–Kier alpha value is -1.94. The van der Waals surface area contributed by atoms with Gasteiger partial charge in [0.25, 0.3) is 0 Å². The molecular formula is C81H158O17P2. The Kier molecular flexibility index (Phi) is 72.5. The van der Waals surface area contributed by atoms with Crippen LogP contribution >= 0.6 is 15.6 Å². The molecule has 2 unspecified atom stereocenters. The predicted molar refractivity (Wildman–Crippen MR) is 409 cm³/mol. The van der Waals surface area contributed by atoms with Crippen LogP contribution < -0.4 is 0 Å². The third-order valence-electron chi connectivity index (χ3n) is 19.0. The van der Waals surface area contributed by atoms with E-state index in [2.05, 4.69) is 34.6 Å². The van der Waals surface area contributed by atoms with Crippen molar-refractivity contribution in [2.45, 2.75) is 451 Å². The molecule has 5 atom stereocenters. The van der Waals surface area contributed by atoms with Gasteiger partial charge in [-0.2, -0.15) is 0 Å². The second-order valence-electron chi connectivity index (χ2n) is 29.6. The van der Waals surface area contributed by atoms with Crippen LogP contribution in [0.1, 0.15) is 433 Å². The van der Waals surface area contributed by atoms with Crippen molar-refractivity contribution in [3.05, 3.63) is 0 Å². The van der Waals surface area contributed by atoms with Crippen LogP contribution in [0.5, 0.6) is 0 Å². The average molecular weight is 1470 g/mol. The molecule has 0 amide bonds. The van der Waals surface area contributed by atoms with E-state index in [1.54, 1.807) is 0 Å². The summed E-state index contributed by atoms with van der Waals surface area (Å²) in [5.41, 5.74) is 0. The lowest BCUT2D eigenvalue weighted by molar-refractivity contribution is -0.161. The molecule has 594 valence electrons. The first-order chi connectivity index (χ1) is 48.5. The van der Waals surface area contributed by atoms with Gasteiger partial charge in [-0.1, -0.05) is 381 Å². The number of hydrogen-bond acceptors (Lipinski definition) is 15. The van der Waals surface area contributed by atoms with E-state index in [4.69, 9.17) is 37.0 Å². The molecule has 0 aromatic heterocycles. The standard InChI is InChI=1S/C81H158O17P2/c1-6-9-12-15-17-19-21-23-25-27-28-29-30-36-40-44-48-52-57-62-67-81(86)98-77(71-92-79(84)65-60-55-50-46-42-38-35-32-31-33-37-41-45-49-54-58-63-74(4)5)73-96-100(89,90)94-69-75(82)68-93-99(87,88)95-72-76(70-91-78(83)64-59-53-14-11-8-3)97-80(85)66-61-56-51-47-43-39-34-26-24-22-20-18-16-13-10-7-2/h74-77,82H,6-73H2,1-5H3,(H,87,88)(H,89,90)/t75-,76+,77+/m0/s1. The van der Waals surface area contributed by atoms with Gasteiger partial charge in [0.1, 0.15) is 19.3 Å². The van der Waals surface area contributed by atoms with Crippen molar-refractivity contribution >= 4 is 39.5 Å². The highest BCUT2D eigenvalue weighted by Crippen LogP contribution is 2.45. The third-order valence-corrected chi connectivity index (χ3v) is 20.9. The van der Waals surface area contributed by atoms with Crippen LogP contribution in [-0.4, -0.2) is 96.7 Å². The Bertz CT molecular complexity index is 1910. The lowest BCUT2D eigenvalue weighted by Gasteiger charge is -2.21. The molecule has 0 rings (SSSR count). The van der Waals surface area contributed by atoms with E-state index in [1.165, 1.54) is 250 Å². The molecule has 0 saturated heterocycles. The summed E-state index contributed by atoms with van der Waals surface area (Å²) in [6, 6.07) is 0. The quantitative estimate of drug-likeness (QED) is 0.0222. The van der Waals surface area contributed by atoms with E-state index in [1.807, 2.05) is 0 Å². The summed E-state index contributed by atoms with van der Waals surface area (Å²) < 4.78 is 68.5. The summed E-state index contributed by atoms with van der Waals surface area (Å²) in [5.74, 6) is -1.31. The van der Waals surface area contributed by atoms with Crippen molar-refractivity contribution in [1.29, 1.82) is 0 Å². The summed E-state index contributed by atoms with van der Waals surface area (Å²) in [6.45, 7) is 7.28. The average Bonchev–Trinajstić information content (AvgIpc) is 0.940. The van der Waals surface area contributed by atoms with Crippen LogP contribution in [0.4, 0.5) is 0 Å². The number of aliphatic hydroxyl groups excluding tert-OH is 1. The normalized spacial score (nSPS) is 13.8. The fourth-order valence-electron chi connectivity index (χ4n) is 12.6. The summed E-state index contributed by atoms with van der Waals surface area (Å²) in [4.78, 5) is 72.7. The Balaban J connectivity index is 5.12. The summed E-state index contributed by atoms with van der Waals surface area (Å²) in [5, 5.41) is 10.6. The van der Waals surface area contributed by atoms with Gasteiger partial charge in [0.05, 0.1) is 26.4 Å². The van der Waals surface area contributed by atoms with E-state index in [0.717, 1.165) is 102 Å². The summed E-state index contributed by atoms with van der Waals surface area (Å²) >= 11 is 0. The van der Waals surface area contributed by atoms with Crippen molar-refractivity contribution in [3.63, 3.8) is 0 Å². The van der Waals surface area contributed by atoms with Gasteiger partial charge in [0.2, 0.25) is 0 Å². The highest BCUT2D eigenvalue weighted by Gasteiger charge is 2.30. The number of phosphoric ester groups is 2. The molecule has 0 bridgehead atoms. The number of hydrogen-bond donors (Lipinski definition) is 3. The molecular weight excluding hydrogens is 1310 g/mol. The number of carbonyl (C=O) groups is 4. The zero-order valence-corrected chi connectivity index (χ0v) is 67.1. The molecule has 0 spiro atoms. The molecule has 0 fully saturated rings. The Labute approximate surface area is 613 Å². The second-order valence-corrected chi connectivity index (χ2v) is 32.5. The largest absolute Gasteiger partial charge is 0.472 e. The maximum Gasteiger partial charge on any atom is 0.472 e. The van der Waals surface area contributed by atoms with Crippen molar-refractivity contribution in [3.8, 4) is 0 Å². The molecule has 0 aromatic rings. The fourth-order valence-corrected chi connectivity index (χ4v) is 14.2. The number of phosphoric acid groups is 2. The molecule has 0 aromatic carbocycles. The van der Waals surface area contributed by atoms with E-state index < -0.39 is 97.5 Å². The molecule has 19 heteroatoms. The molecule has 3 N–H and O–H groups in total. The first-order valence-corrected chi connectivity index (χ1v) is 45.1. The van der Waals surface area contributed by atoms with Crippen LogP contribution in [-0.2, 0) is 65.4 Å². The Morgan fingerprint density at radius 2 is 0.460 bits per heavy atom. The van der Waals surface area contributed by atoms with Gasteiger partial charge < -0.3 is 33.8 Å². The molecule has 0 aliphatic heterocycles. The zero-order valence-electron chi connectivity index (χ0n) is 65.3. The SMILES string of the molecule is CCCCCCCCCCCCCCCCCCCCCCC(=O)O[C@H](COC(=O)CCCCCCCCCCCCCCCCCCC(C)C)COP(=O)(O)OC[C@@H](O)COP(=O)(O)OC[C@@H](COC(=O)CCCCCCC)OC(=O)CCCCCCCCCCCCCCCCCC. The van der Waals surface area contributed by atoms with Crippen LogP contribution in [0.3, 0.4) is 0 Å². The van der Waals surface area contributed by atoms with Crippen molar-refractivity contribution in [2.75, 3.05) is 39.6 Å². The van der Waals surface area contributed by atoms with Gasteiger partial charge in [0, 0.05) is 25.7 Å². The second kappa shape index (κ2) is 73.9. The number of rotatable bonds is 81. The third kappa shape index (κ3) is 74.3. The molecule has 0 aliphatic carbocycles. The number of aliphatic hydroxyl groups is 1. The Morgan fingerprint density at radius 3 is 0.680 bits per heavy atom. The number of ether oxygens (including phenoxy) is 4. The smallest absolute Gasteiger partial charge is 0.462 e. The first kappa shape index (κ1) is 98.1. The minimum Gasteiger partial charge on any atom is -0.462 e. The molecule has 0 heterocycles. The molecule has 0 saturated carbocycles. The van der Waals surface area contributed by atoms with Crippen molar-refractivity contribution in [1.82, 2.24) is 0 Å². The fraction of sp³-hybridized carbons (Fsp3) is 0.951. The highest BCUT2D eigenvalue weighted by molar-refractivity contribution is 7.47. The first-order valence-electron chi connectivity index (χ1n) is 42.1. The van der Waals surface area contributed by atoms with Crippen LogP contribution in [0.2, 0.25) is 0 Å². The van der Waals surface area contributed by atoms with Crippen molar-refractivity contribution < 1.29 is 80.2 Å². The zero-order chi connectivity index (χ0) is 73.4. The summed E-state index contributed by atoms with van der Waals surface area (Å²) in [7, 11) is -9.91. The van der Waals surface area contributed by atoms with Gasteiger partial charge >= 0.3 is 39.5 Å². The van der Waals surface area contributed by atoms with E-state index in [0.29, 0.717) is 25.7 Å². The Morgan fingerprint density at radius 1 is 0.270 bits per heavy atom. The van der Waals surface area contributed by atoms with Crippen molar-refractivity contribution in [2.24, 2.45) is 5.92 Å². The minimum absolute atomic E-state index is 0.108. The molecule has 100 heavy (non-hydrogen) atoms. The lowest BCUT2D eigenvalue weighted by Crippen LogP contribution is -2.30. The number of unbranched alkanes of at least 4 members (excludes halogenated alkanes) is 53. The maximum atomic E-state index is 13.1. The number of carbonyl (C=O) groups excluding carboxylic acids is 4. The molecule has 0 aliphatic rings. The van der Waals surface area contributed by atoms with E-state index in [-0.39, 0.29) is 25.7 Å².